The van der Waals surface area contributed by atoms with Crippen molar-refractivity contribution >= 4 is 23.3 Å². The molecular formula is C14H20N4O2. The van der Waals surface area contributed by atoms with Gasteiger partial charge in [-0.1, -0.05) is 0 Å². The molecule has 0 aromatic carbocycles. The van der Waals surface area contributed by atoms with E-state index in [2.05, 4.69) is 10.3 Å². The van der Waals surface area contributed by atoms with Crippen LogP contribution in [0.3, 0.4) is 0 Å². The summed E-state index contributed by atoms with van der Waals surface area (Å²) in [5.41, 5.74) is 0.671. The number of pyridine rings is 1. The van der Waals surface area contributed by atoms with Crippen molar-refractivity contribution in [2.75, 3.05) is 37.4 Å². The lowest BCUT2D eigenvalue weighted by Gasteiger charge is -2.18. The Kier molecular flexibility index (Phi) is 4.22. The van der Waals surface area contributed by atoms with Crippen LogP contribution in [0.1, 0.15) is 13.3 Å². The molecule has 1 unspecified atom stereocenters. The topological polar surface area (TPSA) is 65.5 Å². The minimum absolute atomic E-state index is 0.0478. The summed E-state index contributed by atoms with van der Waals surface area (Å²) in [6, 6.07) is 3.59. The van der Waals surface area contributed by atoms with Crippen LogP contribution in [0.2, 0.25) is 0 Å². The summed E-state index contributed by atoms with van der Waals surface area (Å²) in [5.74, 6) is 0.354. The van der Waals surface area contributed by atoms with E-state index in [1.807, 2.05) is 32.0 Å². The molecule has 0 radical (unpaired) electrons. The highest BCUT2D eigenvalue weighted by molar-refractivity contribution is 5.98. The van der Waals surface area contributed by atoms with Crippen molar-refractivity contribution in [3.05, 3.63) is 18.3 Å². The zero-order valence-corrected chi connectivity index (χ0v) is 12.1. The number of nitrogens with one attached hydrogen (secondary N) is 1. The van der Waals surface area contributed by atoms with Crippen molar-refractivity contribution in [3.8, 4) is 0 Å². The molecular weight excluding hydrogens is 256 g/mol. The number of amides is 2. The van der Waals surface area contributed by atoms with Gasteiger partial charge in [0.1, 0.15) is 0 Å². The molecule has 1 fully saturated rings. The number of likely N-dealkylation sites (tertiary alicyclic amines) is 1. The van der Waals surface area contributed by atoms with Crippen molar-refractivity contribution in [2.45, 2.75) is 13.3 Å². The summed E-state index contributed by atoms with van der Waals surface area (Å²) in [7, 11) is 3.74. The number of aromatic nitrogens is 1. The maximum Gasteiger partial charge on any atom is 0.229 e. The van der Waals surface area contributed by atoms with Crippen LogP contribution in [-0.2, 0) is 9.59 Å². The molecule has 0 aliphatic carbocycles. The fourth-order valence-electron chi connectivity index (χ4n) is 2.34. The van der Waals surface area contributed by atoms with Crippen LogP contribution in [0.5, 0.6) is 0 Å². The number of hydrogen-bond acceptors (Lipinski definition) is 4. The monoisotopic (exact) mass is 276 g/mol. The molecule has 0 saturated carbocycles. The molecule has 1 aliphatic heterocycles. The highest BCUT2D eigenvalue weighted by Crippen LogP contribution is 2.24. The molecule has 2 rings (SSSR count). The summed E-state index contributed by atoms with van der Waals surface area (Å²) in [5, 5.41) is 2.88. The molecule has 1 N–H and O–H groups in total. The summed E-state index contributed by atoms with van der Waals surface area (Å²) < 4.78 is 0. The number of rotatable bonds is 4. The molecule has 20 heavy (non-hydrogen) atoms. The zero-order valence-electron chi connectivity index (χ0n) is 12.1. The van der Waals surface area contributed by atoms with Crippen molar-refractivity contribution < 1.29 is 9.59 Å². The Morgan fingerprint density at radius 3 is 2.90 bits per heavy atom. The van der Waals surface area contributed by atoms with E-state index in [1.54, 1.807) is 17.2 Å². The van der Waals surface area contributed by atoms with Gasteiger partial charge in [-0.05, 0) is 19.1 Å². The first-order valence-electron chi connectivity index (χ1n) is 6.74. The van der Waals surface area contributed by atoms with Gasteiger partial charge in [0, 0.05) is 39.8 Å². The Balaban J connectivity index is 2.08. The van der Waals surface area contributed by atoms with E-state index in [1.165, 1.54) is 0 Å². The van der Waals surface area contributed by atoms with Gasteiger partial charge < -0.3 is 15.1 Å². The minimum atomic E-state index is -0.280. The van der Waals surface area contributed by atoms with Crippen molar-refractivity contribution in [1.82, 2.24) is 9.88 Å². The average Bonchev–Trinajstić information content (AvgIpc) is 2.80. The second-order valence-corrected chi connectivity index (χ2v) is 5.09. The first-order chi connectivity index (χ1) is 9.52. The van der Waals surface area contributed by atoms with Crippen LogP contribution in [0.4, 0.5) is 11.5 Å². The Morgan fingerprint density at radius 2 is 2.30 bits per heavy atom. The lowest BCUT2D eigenvalue weighted by molar-refractivity contribution is -0.128. The van der Waals surface area contributed by atoms with Crippen LogP contribution >= 0.6 is 0 Å². The van der Waals surface area contributed by atoms with E-state index in [0.717, 1.165) is 0 Å². The van der Waals surface area contributed by atoms with Gasteiger partial charge in [0.05, 0.1) is 11.6 Å². The van der Waals surface area contributed by atoms with Crippen LogP contribution in [-0.4, -0.2) is 48.9 Å². The minimum Gasteiger partial charge on any atom is -0.361 e. The van der Waals surface area contributed by atoms with E-state index in [0.29, 0.717) is 24.6 Å². The van der Waals surface area contributed by atoms with E-state index in [9.17, 15) is 9.59 Å². The lowest BCUT2D eigenvalue weighted by Crippen LogP contribution is -2.28. The second-order valence-electron chi connectivity index (χ2n) is 5.09. The molecule has 1 saturated heterocycles. The smallest absolute Gasteiger partial charge is 0.229 e. The number of carbonyl (C=O) groups is 2. The number of anilines is 2. The Hall–Kier alpha value is -2.11. The summed E-state index contributed by atoms with van der Waals surface area (Å²) in [4.78, 5) is 31.7. The average molecular weight is 276 g/mol. The third-order valence-electron chi connectivity index (χ3n) is 3.44. The van der Waals surface area contributed by atoms with Crippen LogP contribution in [0.25, 0.3) is 0 Å². The van der Waals surface area contributed by atoms with Crippen molar-refractivity contribution in [2.24, 2.45) is 5.92 Å². The molecule has 1 aliphatic rings. The maximum absolute atomic E-state index is 12.3. The molecule has 6 heteroatoms. The predicted octanol–water partition coefficient (Wildman–Crippen LogP) is 0.954. The van der Waals surface area contributed by atoms with Gasteiger partial charge in [-0.3, -0.25) is 9.59 Å². The quantitative estimate of drug-likeness (QED) is 0.889. The van der Waals surface area contributed by atoms with Gasteiger partial charge in [-0.15, -0.1) is 0 Å². The largest absolute Gasteiger partial charge is 0.361 e. The second kappa shape index (κ2) is 5.90. The molecule has 1 atom stereocenters. The fourth-order valence-corrected chi connectivity index (χ4v) is 2.34. The molecule has 2 amide bonds. The van der Waals surface area contributed by atoms with Gasteiger partial charge in [0.15, 0.2) is 5.82 Å². The summed E-state index contributed by atoms with van der Waals surface area (Å²) in [6.45, 7) is 3.07. The number of nitrogens with zero attached hydrogens (tertiary/aromatic N) is 3. The van der Waals surface area contributed by atoms with Gasteiger partial charge in [0.25, 0.3) is 0 Å². The van der Waals surface area contributed by atoms with E-state index < -0.39 is 0 Å². The van der Waals surface area contributed by atoms with Crippen molar-refractivity contribution in [1.29, 1.82) is 0 Å². The standard InChI is InChI=1S/C14H20N4O2/c1-4-18-9-10(8-12(18)19)14(20)16-11-6-5-7-15-13(11)17(2)3/h5-7,10H,4,8-9H2,1-3H3,(H,16,20). The fraction of sp³-hybridized carbons (Fsp3) is 0.500. The third-order valence-corrected chi connectivity index (χ3v) is 3.44. The first-order valence-corrected chi connectivity index (χ1v) is 6.74. The Morgan fingerprint density at radius 1 is 1.55 bits per heavy atom. The Labute approximate surface area is 118 Å². The van der Waals surface area contributed by atoms with Gasteiger partial charge in [-0.2, -0.15) is 0 Å². The van der Waals surface area contributed by atoms with Gasteiger partial charge in [0.2, 0.25) is 11.8 Å². The number of carbonyl (C=O) groups excluding carboxylic acids is 2. The van der Waals surface area contributed by atoms with Crippen LogP contribution in [0.15, 0.2) is 18.3 Å². The summed E-state index contributed by atoms with van der Waals surface area (Å²) in [6.07, 6.45) is 1.97. The molecule has 2 heterocycles. The molecule has 0 bridgehead atoms. The van der Waals surface area contributed by atoms with Gasteiger partial charge in [-0.25, -0.2) is 4.98 Å². The van der Waals surface area contributed by atoms with Gasteiger partial charge >= 0.3 is 0 Å². The third kappa shape index (κ3) is 2.89. The lowest BCUT2D eigenvalue weighted by atomic mass is 10.1. The summed E-state index contributed by atoms with van der Waals surface area (Å²) >= 11 is 0. The first kappa shape index (κ1) is 14.3. The molecule has 1 aromatic rings. The van der Waals surface area contributed by atoms with E-state index in [4.69, 9.17) is 0 Å². The van der Waals surface area contributed by atoms with E-state index >= 15 is 0 Å². The maximum atomic E-state index is 12.3. The highest BCUT2D eigenvalue weighted by Gasteiger charge is 2.33. The molecule has 6 nitrogen and oxygen atoms in total. The van der Waals surface area contributed by atoms with Crippen LogP contribution < -0.4 is 10.2 Å². The number of hydrogen-bond donors (Lipinski definition) is 1. The van der Waals surface area contributed by atoms with Crippen LogP contribution in [0, 0.1) is 5.92 Å². The molecule has 1 aromatic heterocycles. The van der Waals surface area contributed by atoms with E-state index in [-0.39, 0.29) is 24.2 Å². The SMILES string of the molecule is CCN1CC(C(=O)Nc2cccnc2N(C)C)CC1=O. The van der Waals surface area contributed by atoms with Crippen molar-refractivity contribution in [3.63, 3.8) is 0 Å². The Bertz CT molecular complexity index is 516. The normalized spacial score (nSPS) is 18.2. The zero-order chi connectivity index (χ0) is 14.7. The molecule has 0 spiro atoms. The highest BCUT2D eigenvalue weighted by atomic mass is 16.2. The molecule has 108 valence electrons. The predicted molar refractivity (Wildman–Crippen MR) is 77.6 cm³/mol.